The molecule has 0 aliphatic heterocycles. The van der Waals surface area contributed by atoms with Crippen molar-refractivity contribution < 1.29 is 9.47 Å². The quantitative estimate of drug-likeness (QED) is 0.665. The predicted molar refractivity (Wildman–Crippen MR) is 94.4 cm³/mol. The van der Waals surface area contributed by atoms with Gasteiger partial charge in [0.05, 0.1) is 25.6 Å². The number of ether oxygens (including phenoxy) is 2. The summed E-state index contributed by atoms with van der Waals surface area (Å²) in [5, 5.41) is 0. The molecule has 0 saturated carbocycles. The maximum atomic E-state index is 12.3. The van der Waals surface area contributed by atoms with E-state index in [1.165, 1.54) is 18.0 Å². The molecule has 2 aromatic carbocycles. The third-order valence-corrected chi connectivity index (χ3v) is 3.44. The average molecular weight is 339 g/mol. The van der Waals surface area contributed by atoms with Gasteiger partial charge in [0.25, 0.3) is 0 Å². The zero-order chi connectivity index (χ0) is 17.6. The summed E-state index contributed by atoms with van der Waals surface area (Å²) in [6, 6.07) is 14.5. The van der Waals surface area contributed by atoms with Crippen LogP contribution >= 0.6 is 0 Å². The van der Waals surface area contributed by atoms with E-state index >= 15 is 0 Å². The highest BCUT2D eigenvalue weighted by molar-refractivity contribution is 5.49. The van der Waals surface area contributed by atoms with Crippen LogP contribution in [0.2, 0.25) is 0 Å². The molecule has 128 valence electrons. The Balaban J connectivity index is 1.81. The molecule has 3 rings (SSSR count). The number of aromatic nitrogens is 3. The SMILES string of the molecule is COc1ccc(-n2cnc(NNc3ccccc3)nc2=O)cc1OC. The third kappa shape index (κ3) is 3.69. The lowest BCUT2D eigenvalue weighted by Gasteiger charge is -2.11. The van der Waals surface area contributed by atoms with Gasteiger partial charge in [-0.05, 0) is 24.3 Å². The Hall–Kier alpha value is -3.55. The first-order valence-corrected chi connectivity index (χ1v) is 7.46. The van der Waals surface area contributed by atoms with Gasteiger partial charge in [0, 0.05) is 6.07 Å². The van der Waals surface area contributed by atoms with Crippen molar-refractivity contribution >= 4 is 11.6 Å². The summed E-state index contributed by atoms with van der Waals surface area (Å²) in [4.78, 5) is 20.3. The molecule has 1 aromatic heterocycles. The fraction of sp³-hybridized carbons (Fsp3) is 0.118. The maximum absolute atomic E-state index is 12.3. The average Bonchev–Trinajstić information content (AvgIpc) is 2.66. The molecule has 0 aliphatic carbocycles. The molecular formula is C17H17N5O3. The van der Waals surface area contributed by atoms with E-state index in [4.69, 9.17) is 9.47 Å². The van der Waals surface area contributed by atoms with Gasteiger partial charge in [-0.2, -0.15) is 4.98 Å². The lowest BCUT2D eigenvalue weighted by Crippen LogP contribution is -2.24. The molecule has 8 heteroatoms. The Morgan fingerprint density at radius 3 is 2.40 bits per heavy atom. The Kier molecular flexibility index (Phi) is 4.79. The number of nitrogens with zero attached hydrogens (tertiary/aromatic N) is 3. The number of benzene rings is 2. The Morgan fingerprint density at radius 2 is 1.72 bits per heavy atom. The summed E-state index contributed by atoms with van der Waals surface area (Å²) in [5.41, 5.74) is 6.64. The van der Waals surface area contributed by atoms with Crippen LogP contribution < -0.4 is 26.0 Å². The predicted octanol–water partition coefficient (Wildman–Crippen LogP) is 2.08. The summed E-state index contributed by atoms with van der Waals surface area (Å²) < 4.78 is 11.7. The number of para-hydroxylation sites is 1. The topological polar surface area (TPSA) is 90.3 Å². The molecule has 2 N–H and O–H groups in total. The molecule has 8 nitrogen and oxygen atoms in total. The van der Waals surface area contributed by atoms with Crippen LogP contribution in [-0.2, 0) is 0 Å². The molecule has 0 radical (unpaired) electrons. The maximum Gasteiger partial charge on any atom is 0.356 e. The molecule has 3 aromatic rings. The third-order valence-electron chi connectivity index (χ3n) is 3.44. The van der Waals surface area contributed by atoms with Gasteiger partial charge in [-0.3, -0.25) is 15.4 Å². The molecular weight excluding hydrogens is 322 g/mol. The van der Waals surface area contributed by atoms with Crippen molar-refractivity contribution in [3.05, 3.63) is 65.3 Å². The van der Waals surface area contributed by atoms with Crippen LogP contribution in [0.15, 0.2) is 59.7 Å². The molecule has 0 atom stereocenters. The summed E-state index contributed by atoms with van der Waals surface area (Å²) >= 11 is 0. The van der Waals surface area contributed by atoms with E-state index in [2.05, 4.69) is 20.8 Å². The Morgan fingerprint density at radius 1 is 0.960 bits per heavy atom. The van der Waals surface area contributed by atoms with Crippen LogP contribution in [0.25, 0.3) is 5.69 Å². The normalized spacial score (nSPS) is 10.2. The van der Waals surface area contributed by atoms with Gasteiger partial charge in [0.2, 0.25) is 5.95 Å². The first kappa shape index (κ1) is 16.3. The zero-order valence-electron chi connectivity index (χ0n) is 13.8. The first-order valence-electron chi connectivity index (χ1n) is 7.46. The molecule has 0 spiro atoms. The number of rotatable bonds is 6. The number of hydrazine groups is 1. The highest BCUT2D eigenvalue weighted by atomic mass is 16.5. The lowest BCUT2D eigenvalue weighted by molar-refractivity contribution is 0.355. The van der Waals surface area contributed by atoms with Crippen molar-refractivity contribution in [2.75, 3.05) is 25.1 Å². The van der Waals surface area contributed by atoms with Crippen molar-refractivity contribution in [1.29, 1.82) is 0 Å². The molecule has 0 fully saturated rings. The minimum atomic E-state index is -0.473. The number of hydrogen-bond donors (Lipinski definition) is 2. The molecule has 0 bridgehead atoms. The van der Waals surface area contributed by atoms with E-state index in [0.717, 1.165) is 5.69 Å². The van der Waals surface area contributed by atoms with Crippen molar-refractivity contribution in [3.8, 4) is 17.2 Å². The Labute approximate surface area is 144 Å². The Bertz CT molecular complexity index is 912. The van der Waals surface area contributed by atoms with Crippen LogP contribution in [0.4, 0.5) is 11.6 Å². The number of nitrogens with one attached hydrogen (secondary N) is 2. The van der Waals surface area contributed by atoms with Crippen LogP contribution in [0.1, 0.15) is 0 Å². The molecule has 25 heavy (non-hydrogen) atoms. The first-order chi connectivity index (χ1) is 12.2. The van der Waals surface area contributed by atoms with Gasteiger partial charge in [0.15, 0.2) is 11.5 Å². The zero-order valence-corrected chi connectivity index (χ0v) is 13.8. The second-order valence-corrected chi connectivity index (χ2v) is 4.99. The van der Waals surface area contributed by atoms with Gasteiger partial charge >= 0.3 is 5.69 Å². The van der Waals surface area contributed by atoms with Crippen LogP contribution in [-0.4, -0.2) is 28.8 Å². The van der Waals surface area contributed by atoms with E-state index < -0.39 is 5.69 Å². The number of anilines is 2. The fourth-order valence-electron chi connectivity index (χ4n) is 2.20. The highest BCUT2D eigenvalue weighted by Gasteiger charge is 2.08. The van der Waals surface area contributed by atoms with Gasteiger partial charge in [-0.1, -0.05) is 18.2 Å². The second-order valence-electron chi connectivity index (χ2n) is 4.99. The van der Waals surface area contributed by atoms with Crippen molar-refractivity contribution in [2.24, 2.45) is 0 Å². The smallest absolute Gasteiger partial charge is 0.356 e. The summed E-state index contributed by atoms with van der Waals surface area (Å²) in [6.45, 7) is 0. The fourth-order valence-corrected chi connectivity index (χ4v) is 2.20. The van der Waals surface area contributed by atoms with E-state index in [1.54, 1.807) is 25.3 Å². The molecule has 1 heterocycles. The van der Waals surface area contributed by atoms with Crippen LogP contribution in [0, 0.1) is 0 Å². The second kappa shape index (κ2) is 7.35. The van der Waals surface area contributed by atoms with Crippen LogP contribution in [0.5, 0.6) is 11.5 Å². The minimum Gasteiger partial charge on any atom is -0.493 e. The van der Waals surface area contributed by atoms with Crippen molar-refractivity contribution in [2.45, 2.75) is 0 Å². The lowest BCUT2D eigenvalue weighted by atomic mass is 10.2. The van der Waals surface area contributed by atoms with Gasteiger partial charge in [-0.25, -0.2) is 9.78 Å². The van der Waals surface area contributed by atoms with E-state index in [-0.39, 0.29) is 5.95 Å². The monoisotopic (exact) mass is 339 g/mol. The number of methoxy groups -OCH3 is 2. The van der Waals surface area contributed by atoms with Crippen molar-refractivity contribution in [3.63, 3.8) is 0 Å². The minimum absolute atomic E-state index is 0.172. The molecule has 0 saturated heterocycles. The molecule has 0 aliphatic rings. The van der Waals surface area contributed by atoms with E-state index in [9.17, 15) is 4.79 Å². The highest BCUT2D eigenvalue weighted by Crippen LogP contribution is 2.28. The largest absolute Gasteiger partial charge is 0.493 e. The van der Waals surface area contributed by atoms with Gasteiger partial charge < -0.3 is 9.47 Å². The summed E-state index contributed by atoms with van der Waals surface area (Å²) in [5.74, 6) is 1.26. The van der Waals surface area contributed by atoms with Gasteiger partial charge in [0.1, 0.15) is 6.33 Å². The van der Waals surface area contributed by atoms with E-state index in [1.807, 2.05) is 30.3 Å². The summed E-state index contributed by atoms with van der Waals surface area (Å²) in [6.07, 6.45) is 1.39. The standard InChI is InChI=1S/C17H17N5O3/c1-24-14-9-8-13(10-15(14)25-2)22-11-18-16(19-17(22)23)21-20-12-6-4-3-5-7-12/h3-11,20H,1-2H3,(H,19,21,23). The van der Waals surface area contributed by atoms with E-state index in [0.29, 0.717) is 17.2 Å². The molecule has 0 amide bonds. The van der Waals surface area contributed by atoms with Crippen LogP contribution in [0.3, 0.4) is 0 Å². The van der Waals surface area contributed by atoms with Crippen molar-refractivity contribution in [1.82, 2.24) is 14.5 Å². The molecule has 0 unspecified atom stereocenters. The number of hydrogen-bond acceptors (Lipinski definition) is 7. The summed E-state index contributed by atoms with van der Waals surface area (Å²) in [7, 11) is 3.08. The van der Waals surface area contributed by atoms with Gasteiger partial charge in [-0.15, -0.1) is 0 Å².